The van der Waals surface area contributed by atoms with Crippen molar-refractivity contribution in [1.29, 1.82) is 0 Å². The average Bonchev–Trinajstić information content (AvgIpc) is 2.44. The van der Waals surface area contributed by atoms with Crippen LogP contribution < -0.4 is 10.5 Å². The second kappa shape index (κ2) is 7.16. The smallest absolute Gasteiger partial charge is 0.141 e. The maximum absolute atomic E-state index is 6.27. The lowest BCUT2D eigenvalue weighted by Crippen LogP contribution is -2.24. The number of hydrogen-bond donors (Lipinski definition) is 1. The molecule has 0 radical (unpaired) electrons. The molecule has 2 nitrogen and oxygen atoms in total. The summed E-state index contributed by atoms with van der Waals surface area (Å²) >= 11 is 6.27. The molecule has 0 aliphatic heterocycles. The zero-order valence-corrected chi connectivity index (χ0v) is 12.5. The van der Waals surface area contributed by atoms with Crippen molar-refractivity contribution in [3.8, 4) is 5.75 Å². The fourth-order valence-electron chi connectivity index (χ4n) is 2.86. The van der Waals surface area contributed by atoms with Crippen molar-refractivity contribution < 1.29 is 4.74 Å². The van der Waals surface area contributed by atoms with E-state index in [0.29, 0.717) is 17.7 Å². The van der Waals surface area contributed by atoms with Crippen molar-refractivity contribution in [1.82, 2.24) is 0 Å². The van der Waals surface area contributed by atoms with Gasteiger partial charge in [-0.1, -0.05) is 37.1 Å². The van der Waals surface area contributed by atoms with Crippen molar-refractivity contribution in [2.45, 2.75) is 51.6 Å². The van der Waals surface area contributed by atoms with Gasteiger partial charge in [0.15, 0.2) is 0 Å². The largest absolute Gasteiger partial charge is 0.489 e. The molecule has 3 heteroatoms. The average molecular weight is 282 g/mol. The highest BCUT2D eigenvalue weighted by atomic mass is 35.5. The Bertz CT molecular complexity index is 400. The van der Waals surface area contributed by atoms with Crippen LogP contribution in [0, 0.1) is 5.92 Å². The molecule has 106 valence electrons. The molecular formula is C16H24ClNO. The van der Waals surface area contributed by atoms with Crippen LogP contribution in [0.15, 0.2) is 18.2 Å². The van der Waals surface area contributed by atoms with E-state index in [2.05, 4.69) is 13.0 Å². The minimum atomic E-state index is 0.319. The van der Waals surface area contributed by atoms with E-state index in [-0.39, 0.29) is 0 Å². The summed E-state index contributed by atoms with van der Waals surface area (Å²) in [5, 5.41) is 0.712. The molecule has 0 unspecified atom stereocenters. The van der Waals surface area contributed by atoms with E-state index in [0.717, 1.165) is 36.5 Å². The molecular weight excluding hydrogens is 258 g/mol. The molecule has 0 spiro atoms. The maximum Gasteiger partial charge on any atom is 0.141 e. The molecule has 1 aliphatic carbocycles. The van der Waals surface area contributed by atoms with Crippen LogP contribution in [-0.2, 0) is 6.42 Å². The normalized spacial score (nSPS) is 23.3. The van der Waals surface area contributed by atoms with Crippen LogP contribution >= 0.6 is 11.6 Å². The molecule has 0 aromatic heterocycles. The predicted octanol–water partition coefficient (Wildman–Crippen LogP) is 4.19. The first-order valence-corrected chi connectivity index (χ1v) is 7.76. The quantitative estimate of drug-likeness (QED) is 0.878. The van der Waals surface area contributed by atoms with E-state index in [9.17, 15) is 0 Å². The molecule has 0 saturated heterocycles. The molecule has 1 aromatic rings. The van der Waals surface area contributed by atoms with Gasteiger partial charge < -0.3 is 10.5 Å². The Morgan fingerprint density at radius 2 is 2.00 bits per heavy atom. The Balaban J connectivity index is 2.02. The number of halogens is 1. The van der Waals surface area contributed by atoms with Crippen LogP contribution in [0.1, 0.15) is 44.6 Å². The molecule has 0 heterocycles. The highest BCUT2D eigenvalue weighted by molar-refractivity contribution is 6.32. The molecule has 0 bridgehead atoms. The Morgan fingerprint density at radius 1 is 1.26 bits per heavy atom. The van der Waals surface area contributed by atoms with Crippen LogP contribution in [-0.4, -0.2) is 12.6 Å². The number of ether oxygens (including phenoxy) is 1. The zero-order valence-electron chi connectivity index (χ0n) is 11.7. The number of nitrogens with two attached hydrogens (primary N) is 1. The van der Waals surface area contributed by atoms with Gasteiger partial charge in [0.1, 0.15) is 5.75 Å². The molecule has 19 heavy (non-hydrogen) atoms. The van der Waals surface area contributed by atoms with Gasteiger partial charge >= 0.3 is 0 Å². The summed E-state index contributed by atoms with van der Waals surface area (Å²) < 4.78 is 6.18. The first-order valence-electron chi connectivity index (χ1n) is 7.38. The minimum absolute atomic E-state index is 0.319. The third-order valence-corrected chi connectivity index (χ3v) is 4.42. The van der Waals surface area contributed by atoms with E-state index in [1.54, 1.807) is 0 Å². The van der Waals surface area contributed by atoms with Crippen LogP contribution in [0.2, 0.25) is 5.02 Å². The molecule has 2 rings (SSSR count). The highest BCUT2D eigenvalue weighted by Crippen LogP contribution is 2.34. The number of benzene rings is 1. The topological polar surface area (TPSA) is 35.2 Å². The van der Waals surface area contributed by atoms with Gasteiger partial charge in [-0.05, 0) is 56.2 Å². The zero-order chi connectivity index (χ0) is 13.7. The van der Waals surface area contributed by atoms with Gasteiger partial charge in [0.25, 0.3) is 0 Å². The number of hydrogen-bond acceptors (Lipinski definition) is 2. The van der Waals surface area contributed by atoms with Crippen molar-refractivity contribution in [3.05, 3.63) is 28.8 Å². The Morgan fingerprint density at radius 3 is 2.63 bits per heavy atom. The van der Waals surface area contributed by atoms with Gasteiger partial charge in [-0.2, -0.15) is 0 Å². The SMILES string of the molecule is CCC1CCC(Oc2c(Cl)cccc2CCN)CC1. The third kappa shape index (κ3) is 3.87. The predicted molar refractivity (Wildman–Crippen MR) is 80.9 cm³/mol. The molecule has 1 fully saturated rings. The van der Waals surface area contributed by atoms with E-state index in [1.807, 2.05) is 12.1 Å². The Kier molecular flexibility index (Phi) is 5.53. The molecule has 2 N–H and O–H groups in total. The van der Waals surface area contributed by atoms with Crippen molar-refractivity contribution in [3.63, 3.8) is 0 Å². The molecule has 1 saturated carbocycles. The number of rotatable bonds is 5. The maximum atomic E-state index is 6.27. The van der Waals surface area contributed by atoms with Crippen molar-refractivity contribution >= 4 is 11.6 Å². The van der Waals surface area contributed by atoms with Crippen LogP contribution in [0.3, 0.4) is 0 Å². The van der Waals surface area contributed by atoms with Gasteiger partial charge in [0.2, 0.25) is 0 Å². The summed E-state index contributed by atoms with van der Waals surface area (Å²) in [7, 11) is 0. The fourth-order valence-corrected chi connectivity index (χ4v) is 3.10. The lowest BCUT2D eigenvalue weighted by Gasteiger charge is -2.29. The van der Waals surface area contributed by atoms with Gasteiger partial charge in [-0.15, -0.1) is 0 Å². The minimum Gasteiger partial charge on any atom is -0.489 e. The van der Waals surface area contributed by atoms with E-state index >= 15 is 0 Å². The van der Waals surface area contributed by atoms with Crippen LogP contribution in [0.5, 0.6) is 5.75 Å². The standard InChI is InChI=1S/C16H24ClNO/c1-2-12-6-8-14(9-7-12)19-16-13(10-11-18)4-3-5-15(16)17/h3-5,12,14H,2,6-11,18H2,1H3. The van der Waals surface area contributed by atoms with Gasteiger partial charge in [0, 0.05) is 0 Å². The monoisotopic (exact) mass is 281 g/mol. The van der Waals surface area contributed by atoms with Crippen LogP contribution in [0.25, 0.3) is 0 Å². The van der Waals surface area contributed by atoms with E-state index in [1.165, 1.54) is 19.3 Å². The summed E-state index contributed by atoms with van der Waals surface area (Å²) in [6.45, 7) is 2.90. The van der Waals surface area contributed by atoms with Gasteiger partial charge in [-0.3, -0.25) is 0 Å². The Labute approximate surface area is 121 Å². The van der Waals surface area contributed by atoms with E-state index in [4.69, 9.17) is 22.1 Å². The second-order valence-electron chi connectivity index (χ2n) is 5.44. The molecule has 1 aliphatic rings. The van der Waals surface area contributed by atoms with E-state index < -0.39 is 0 Å². The Hall–Kier alpha value is -0.730. The molecule has 1 aromatic carbocycles. The van der Waals surface area contributed by atoms with Gasteiger partial charge in [-0.25, -0.2) is 0 Å². The summed E-state index contributed by atoms with van der Waals surface area (Å²) in [5.41, 5.74) is 6.78. The summed E-state index contributed by atoms with van der Waals surface area (Å²) in [6.07, 6.45) is 7.27. The second-order valence-corrected chi connectivity index (χ2v) is 5.84. The summed E-state index contributed by atoms with van der Waals surface area (Å²) in [4.78, 5) is 0. The van der Waals surface area contributed by atoms with Crippen molar-refractivity contribution in [2.75, 3.05) is 6.54 Å². The lowest BCUT2D eigenvalue weighted by molar-refractivity contribution is 0.129. The van der Waals surface area contributed by atoms with Crippen LogP contribution in [0.4, 0.5) is 0 Å². The third-order valence-electron chi connectivity index (χ3n) is 4.12. The lowest BCUT2D eigenvalue weighted by atomic mass is 9.86. The van der Waals surface area contributed by atoms with Crippen molar-refractivity contribution in [2.24, 2.45) is 11.7 Å². The first-order chi connectivity index (χ1) is 9.24. The molecule has 0 amide bonds. The highest BCUT2D eigenvalue weighted by Gasteiger charge is 2.22. The first kappa shape index (κ1) is 14.7. The number of para-hydroxylation sites is 1. The summed E-state index contributed by atoms with van der Waals surface area (Å²) in [6, 6.07) is 5.93. The fraction of sp³-hybridized carbons (Fsp3) is 0.625. The summed E-state index contributed by atoms with van der Waals surface area (Å²) in [5.74, 6) is 1.74. The molecule has 0 atom stereocenters. The van der Waals surface area contributed by atoms with Gasteiger partial charge in [0.05, 0.1) is 11.1 Å².